The molecule has 58 valence electrons. The highest BCUT2D eigenvalue weighted by molar-refractivity contribution is 8.02. The van der Waals surface area contributed by atoms with E-state index in [1.807, 2.05) is 6.26 Å². The summed E-state index contributed by atoms with van der Waals surface area (Å²) in [4.78, 5) is 1.23. The summed E-state index contributed by atoms with van der Waals surface area (Å²) in [5.74, 6) is 1.10. The van der Waals surface area contributed by atoms with Gasteiger partial charge in [0.05, 0.1) is 6.61 Å². The molecular formula is C7H12O2S. The zero-order chi connectivity index (χ0) is 7.40. The maximum absolute atomic E-state index is 5.27. The Morgan fingerprint density at radius 2 is 2.40 bits per heavy atom. The molecule has 0 saturated heterocycles. The van der Waals surface area contributed by atoms with E-state index in [4.69, 9.17) is 9.47 Å². The third kappa shape index (κ3) is 1.67. The SMILES string of the molecule is CCC1=C(SC)COCO1. The molecule has 0 N–H and O–H groups in total. The van der Waals surface area contributed by atoms with Crippen molar-refractivity contribution in [1.82, 2.24) is 0 Å². The first-order valence-electron chi connectivity index (χ1n) is 3.35. The lowest BCUT2D eigenvalue weighted by molar-refractivity contribution is -0.0341. The van der Waals surface area contributed by atoms with Crippen LogP contribution in [0.4, 0.5) is 0 Å². The second kappa shape index (κ2) is 3.88. The molecule has 0 aliphatic carbocycles. The molecule has 0 saturated carbocycles. The van der Waals surface area contributed by atoms with Crippen LogP contribution in [0, 0.1) is 0 Å². The summed E-state index contributed by atoms with van der Waals surface area (Å²) >= 11 is 1.71. The summed E-state index contributed by atoms with van der Waals surface area (Å²) in [5.41, 5.74) is 0. The first-order chi connectivity index (χ1) is 4.88. The van der Waals surface area contributed by atoms with Crippen LogP contribution in [0.2, 0.25) is 0 Å². The first-order valence-corrected chi connectivity index (χ1v) is 4.57. The Morgan fingerprint density at radius 1 is 1.60 bits per heavy atom. The van der Waals surface area contributed by atoms with Gasteiger partial charge in [0.15, 0.2) is 6.79 Å². The van der Waals surface area contributed by atoms with Crippen LogP contribution in [-0.2, 0) is 9.47 Å². The van der Waals surface area contributed by atoms with E-state index in [0.29, 0.717) is 6.79 Å². The number of hydrogen-bond acceptors (Lipinski definition) is 3. The van der Waals surface area contributed by atoms with Gasteiger partial charge in [-0.25, -0.2) is 0 Å². The molecule has 0 aromatic rings. The Balaban J connectivity index is 2.63. The monoisotopic (exact) mass is 160 g/mol. The molecule has 0 aromatic carbocycles. The molecule has 1 heterocycles. The topological polar surface area (TPSA) is 18.5 Å². The Morgan fingerprint density at radius 3 is 2.90 bits per heavy atom. The molecule has 0 bridgehead atoms. The highest BCUT2D eigenvalue weighted by Gasteiger charge is 2.10. The minimum atomic E-state index is 0.424. The van der Waals surface area contributed by atoms with E-state index in [9.17, 15) is 0 Å². The fourth-order valence-corrected chi connectivity index (χ4v) is 1.51. The van der Waals surface area contributed by atoms with Crippen molar-refractivity contribution < 1.29 is 9.47 Å². The lowest BCUT2D eigenvalue weighted by Gasteiger charge is -2.18. The number of allylic oxidation sites excluding steroid dienone is 1. The zero-order valence-corrected chi connectivity index (χ0v) is 7.16. The maximum atomic E-state index is 5.27. The fourth-order valence-electron chi connectivity index (χ4n) is 0.880. The van der Waals surface area contributed by atoms with Crippen LogP contribution in [0.5, 0.6) is 0 Å². The first kappa shape index (κ1) is 7.95. The van der Waals surface area contributed by atoms with Gasteiger partial charge in [-0.2, -0.15) is 0 Å². The van der Waals surface area contributed by atoms with Crippen LogP contribution in [0.3, 0.4) is 0 Å². The predicted octanol–water partition coefficient (Wildman–Crippen LogP) is 1.98. The highest BCUT2D eigenvalue weighted by Crippen LogP contribution is 2.23. The van der Waals surface area contributed by atoms with Crippen LogP contribution in [-0.4, -0.2) is 19.7 Å². The van der Waals surface area contributed by atoms with Gasteiger partial charge in [0, 0.05) is 11.3 Å². The normalized spacial score (nSPS) is 19.0. The molecule has 0 atom stereocenters. The average Bonchev–Trinajstić information content (AvgIpc) is 2.04. The van der Waals surface area contributed by atoms with E-state index >= 15 is 0 Å². The molecule has 0 amide bonds. The second-order valence-corrected chi connectivity index (χ2v) is 2.92. The number of rotatable bonds is 2. The van der Waals surface area contributed by atoms with E-state index < -0.39 is 0 Å². The molecule has 2 nitrogen and oxygen atoms in total. The summed E-state index contributed by atoms with van der Waals surface area (Å²) in [6.45, 7) is 3.24. The summed E-state index contributed by atoms with van der Waals surface area (Å²) < 4.78 is 10.4. The van der Waals surface area contributed by atoms with E-state index in [1.54, 1.807) is 11.8 Å². The molecule has 0 unspecified atom stereocenters. The Labute approximate surface area is 65.6 Å². The van der Waals surface area contributed by atoms with Gasteiger partial charge in [-0.3, -0.25) is 0 Å². The van der Waals surface area contributed by atoms with Crippen LogP contribution in [0.25, 0.3) is 0 Å². The lowest BCUT2D eigenvalue weighted by atomic mass is 10.3. The van der Waals surface area contributed by atoms with Crippen molar-refractivity contribution in [2.75, 3.05) is 19.7 Å². The third-order valence-corrected chi connectivity index (χ3v) is 2.27. The molecule has 0 fully saturated rings. The summed E-state index contributed by atoms with van der Waals surface area (Å²) in [5, 5.41) is 0. The quantitative estimate of drug-likeness (QED) is 0.615. The minimum Gasteiger partial charge on any atom is -0.471 e. The van der Waals surface area contributed by atoms with Gasteiger partial charge >= 0.3 is 0 Å². The Bertz CT molecular complexity index is 127. The lowest BCUT2D eigenvalue weighted by Crippen LogP contribution is -2.11. The molecule has 0 spiro atoms. The van der Waals surface area contributed by atoms with Crippen molar-refractivity contribution in [3.05, 3.63) is 10.7 Å². The maximum Gasteiger partial charge on any atom is 0.189 e. The molecule has 1 aliphatic heterocycles. The predicted molar refractivity (Wildman–Crippen MR) is 42.7 cm³/mol. The van der Waals surface area contributed by atoms with Crippen molar-refractivity contribution in [3.63, 3.8) is 0 Å². The Kier molecular flexibility index (Phi) is 3.09. The van der Waals surface area contributed by atoms with Crippen molar-refractivity contribution >= 4 is 11.8 Å². The van der Waals surface area contributed by atoms with Crippen molar-refractivity contribution in [3.8, 4) is 0 Å². The summed E-state index contributed by atoms with van der Waals surface area (Å²) in [7, 11) is 0. The highest BCUT2D eigenvalue weighted by atomic mass is 32.2. The largest absolute Gasteiger partial charge is 0.471 e. The van der Waals surface area contributed by atoms with Gasteiger partial charge in [-0.1, -0.05) is 6.92 Å². The zero-order valence-electron chi connectivity index (χ0n) is 6.35. The molecule has 3 heteroatoms. The van der Waals surface area contributed by atoms with Gasteiger partial charge in [-0.05, 0) is 6.26 Å². The van der Waals surface area contributed by atoms with E-state index in [1.165, 1.54) is 4.91 Å². The number of thioether (sulfide) groups is 1. The fraction of sp³-hybridized carbons (Fsp3) is 0.714. The smallest absolute Gasteiger partial charge is 0.189 e. The third-order valence-electron chi connectivity index (χ3n) is 1.43. The molecule has 10 heavy (non-hydrogen) atoms. The van der Waals surface area contributed by atoms with E-state index in [-0.39, 0.29) is 0 Å². The number of ether oxygens (including phenoxy) is 2. The molecule has 1 aliphatic rings. The molecule has 0 radical (unpaired) electrons. The standard InChI is InChI=1S/C7H12O2S/c1-3-6-7(10-2)4-8-5-9-6/h3-5H2,1-2H3. The van der Waals surface area contributed by atoms with E-state index in [2.05, 4.69) is 6.92 Å². The minimum absolute atomic E-state index is 0.424. The molecule has 1 rings (SSSR count). The van der Waals surface area contributed by atoms with Crippen molar-refractivity contribution in [2.24, 2.45) is 0 Å². The van der Waals surface area contributed by atoms with Crippen molar-refractivity contribution in [2.45, 2.75) is 13.3 Å². The Hall–Kier alpha value is -0.150. The van der Waals surface area contributed by atoms with Gasteiger partial charge in [-0.15, -0.1) is 11.8 Å². The van der Waals surface area contributed by atoms with Crippen molar-refractivity contribution in [1.29, 1.82) is 0 Å². The van der Waals surface area contributed by atoms with E-state index in [0.717, 1.165) is 18.8 Å². The summed E-state index contributed by atoms with van der Waals surface area (Å²) in [6.07, 6.45) is 3.02. The van der Waals surface area contributed by atoms with Gasteiger partial charge < -0.3 is 9.47 Å². The second-order valence-electron chi connectivity index (χ2n) is 2.01. The van der Waals surface area contributed by atoms with Gasteiger partial charge in [0.2, 0.25) is 0 Å². The molecule has 0 aromatic heterocycles. The summed E-state index contributed by atoms with van der Waals surface area (Å²) in [6, 6.07) is 0. The van der Waals surface area contributed by atoms with Crippen LogP contribution >= 0.6 is 11.8 Å². The van der Waals surface area contributed by atoms with Gasteiger partial charge in [0.25, 0.3) is 0 Å². The molecular weight excluding hydrogens is 148 g/mol. The van der Waals surface area contributed by atoms with Crippen LogP contribution in [0.1, 0.15) is 13.3 Å². The van der Waals surface area contributed by atoms with Gasteiger partial charge in [0.1, 0.15) is 5.76 Å². The van der Waals surface area contributed by atoms with Crippen LogP contribution in [0.15, 0.2) is 10.7 Å². The number of hydrogen-bond donors (Lipinski definition) is 0. The van der Waals surface area contributed by atoms with Crippen LogP contribution < -0.4 is 0 Å². The average molecular weight is 160 g/mol.